The molecule has 0 aliphatic carbocycles. The summed E-state index contributed by atoms with van der Waals surface area (Å²) in [6, 6.07) is 2.69. The molecule has 1 amide bonds. The molecule has 1 fully saturated rings. The molecule has 1 aliphatic rings. The van der Waals surface area contributed by atoms with Crippen LogP contribution in [0.3, 0.4) is 0 Å². The van der Waals surface area contributed by atoms with Crippen molar-refractivity contribution in [3.05, 3.63) is 21.9 Å². The van der Waals surface area contributed by atoms with Crippen molar-refractivity contribution in [3.8, 4) is 0 Å². The summed E-state index contributed by atoms with van der Waals surface area (Å²) >= 11 is 1.27. The van der Waals surface area contributed by atoms with Crippen molar-refractivity contribution in [1.29, 1.82) is 0 Å². The molecule has 122 valence electrons. The van der Waals surface area contributed by atoms with Gasteiger partial charge in [0.25, 0.3) is 5.91 Å². The van der Waals surface area contributed by atoms with Crippen molar-refractivity contribution in [2.75, 3.05) is 19.3 Å². The van der Waals surface area contributed by atoms with Gasteiger partial charge in [-0.2, -0.15) is 0 Å². The van der Waals surface area contributed by atoms with Crippen molar-refractivity contribution in [2.45, 2.75) is 25.3 Å². The van der Waals surface area contributed by atoms with Gasteiger partial charge in [0.05, 0.1) is 11.1 Å². The molecule has 9 heteroatoms. The Labute approximate surface area is 133 Å². The lowest BCUT2D eigenvalue weighted by atomic mass is 10.2. The number of aliphatic carboxylic acids is 1. The first-order valence-electron chi connectivity index (χ1n) is 6.85. The van der Waals surface area contributed by atoms with Gasteiger partial charge in [0.2, 0.25) is 10.0 Å². The number of rotatable bonds is 6. The summed E-state index contributed by atoms with van der Waals surface area (Å²) in [4.78, 5) is 26.3. The Kier molecular flexibility index (Phi) is 5.20. The van der Waals surface area contributed by atoms with Crippen molar-refractivity contribution in [3.63, 3.8) is 0 Å². The molecular formula is C13H18N2O5S2. The predicted octanol–water partition coefficient (Wildman–Crippen LogP) is 0.529. The normalized spacial score (nSPS) is 18.6. The summed E-state index contributed by atoms with van der Waals surface area (Å²) in [5.74, 6) is -1.24. The summed E-state index contributed by atoms with van der Waals surface area (Å²) in [6.07, 6.45) is 2.76. The highest BCUT2D eigenvalue weighted by Crippen LogP contribution is 2.24. The third kappa shape index (κ3) is 4.28. The highest BCUT2D eigenvalue weighted by atomic mass is 32.2. The number of nitrogens with zero attached hydrogens (tertiary/aromatic N) is 1. The van der Waals surface area contributed by atoms with Crippen LogP contribution in [0.1, 0.15) is 27.4 Å². The van der Waals surface area contributed by atoms with Crippen molar-refractivity contribution in [1.82, 2.24) is 9.62 Å². The van der Waals surface area contributed by atoms with Crippen molar-refractivity contribution >= 4 is 33.2 Å². The van der Waals surface area contributed by atoms with Crippen LogP contribution in [0, 0.1) is 0 Å². The van der Waals surface area contributed by atoms with Crippen LogP contribution in [0.15, 0.2) is 12.1 Å². The third-order valence-electron chi connectivity index (χ3n) is 3.41. The molecule has 1 aromatic rings. The zero-order valence-corrected chi connectivity index (χ0v) is 13.7. The second-order valence-electron chi connectivity index (χ2n) is 5.18. The van der Waals surface area contributed by atoms with Gasteiger partial charge in [-0.05, 0) is 31.4 Å². The largest absolute Gasteiger partial charge is 0.480 e. The van der Waals surface area contributed by atoms with Crippen molar-refractivity contribution in [2.24, 2.45) is 0 Å². The average molecular weight is 346 g/mol. The summed E-state index contributed by atoms with van der Waals surface area (Å²) in [5.41, 5.74) is 0. The first-order chi connectivity index (χ1) is 10.3. The number of nitrogens with one attached hydrogen (secondary N) is 1. The predicted molar refractivity (Wildman–Crippen MR) is 82.6 cm³/mol. The number of carbonyl (C=O) groups is 2. The number of likely N-dealkylation sites (tertiary alicyclic amines) is 1. The van der Waals surface area contributed by atoms with Gasteiger partial charge in [0.1, 0.15) is 6.04 Å². The van der Waals surface area contributed by atoms with Gasteiger partial charge in [0, 0.05) is 18.0 Å². The van der Waals surface area contributed by atoms with E-state index in [-0.39, 0.29) is 12.5 Å². The number of thiophene rings is 1. The SMILES string of the molecule is CS(=O)(=O)NCCc1ccc(C(=O)N2CCC[C@@H]2C(=O)O)s1. The highest BCUT2D eigenvalue weighted by Gasteiger charge is 2.34. The van der Waals surface area contributed by atoms with E-state index in [1.54, 1.807) is 12.1 Å². The number of carboxylic acid groups (broad SMARTS) is 1. The van der Waals surface area contributed by atoms with Gasteiger partial charge in [0.15, 0.2) is 0 Å². The van der Waals surface area contributed by atoms with E-state index in [0.29, 0.717) is 30.7 Å². The van der Waals surface area contributed by atoms with Crippen LogP contribution in [0.5, 0.6) is 0 Å². The molecule has 0 spiro atoms. The topological polar surface area (TPSA) is 104 Å². The molecule has 22 heavy (non-hydrogen) atoms. The van der Waals surface area contributed by atoms with E-state index in [1.807, 2.05) is 0 Å². The fourth-order valence-corrected chi connectivity index (χ4v) is 3.83. The number of sulfonamides is 1. The minimum Gasteiger partial charge on any atom is -0.480 e. The van der Waals surface area contributed by atoms with E-state index in [0.717, 1.165) is 11.1 Å². The monoisotopic (exact) mass is 346 g/mol. The molecule has 0 aromatic carbocycles. The number of hydrogen-bond acceptors (Lipinski definition) is 5. The zero-order valence-electron chi connectivity index (χ0n) is 12.1. The summed E-state index contributed by atoms with van der Waals surface area (Å²) in [7, 11) is -3.22. The summed E-state index contributed by atoms with van der Waals surface area (Å²) < 4.78 is 24.4. The second-order valence-corrected chi connectivity index (χ2v) is 8.18. The Morgan fingerprint density at radius 2 is 2.18 bits per heavy atom. The maximum atomic E-state index is 12.4. The number of carbonyl (C=O) groups excluding carboxylic acids is 1. The van der Waals surface area contributed by atoms with Crippen LogP contribution in [0.25, 0.3) is 0 Å². The van der Waals surface area contributed by atoms with E-state index < -0.39 is 22.0 Å². The number of hydrogen-bond donors (Lipinski definition) is 2. The van der Waals surface area contributed by atoms with Gasteiger partial charge in [-0.15, -0.1) is 11.3 Å². The molecule has 2 N–H and O–H groups in total. The van der Waals surface area contributed by atoms with E-state index in [9.17, 15) is 18.0 Å². The standard InChI is InChI=1S/C13H18N2O5S2/c1-22(19,20)14-7-6-9-4-5-11(21-9)12(16)15-8-2-3-10(15)13(17)18/h4-5,10,14H,2-3,6-8H2,1H3,(H,17,18)/t10-/m1/s1. The first kappa shape index (κ1) is 16.9. The molecule has 0 bridgehead atoms. The van der Waals surface area contributed by atoms with Gasteiger partial charge in [-0.3, -0.25) is 4.79 Å². The Balaban J connectivity index is 1.98. The van der Waals surface area contributed by atoms with Gasteiger partial charge < -0.3 is 10.0 Å². The summed E-state index contributed by atoms with van der Waals surface area (Å²) in [6.45, 7) is 0.729. The number of carboxylic acids is 1. The molecule has 1 atom stereocenters. The highest BCUT2D eigenvalue weighted by molar-refractivity contribution is 7.88. The third-order valence-corrected chi connectivity index (χ3v) is 5.27. The van der Waals surface area contributed by atoms with Gasteiger partial charge in [-0.25, -0.2) is 17.9 Å². The zero-order chi connectivity index (χ0) is 16.3. The van der Waals surface area contributed by atoms with Crippen molar-refractivity contribution < 1.29 is 23.1 Å². The quantitative estimate of drug-likeness (QED) is 0.782. The average Bonchev–Trinajstić information content (AvgIpc) is 3.05. The number of amides is 1. The molecule has 1 aromatic heterocycles. The Morgan fingerprint density at radius 1 is 1.45 bits per heavy atom. The first-order valence-corrected chi connectivity index (χ1v) is 9.56. The van der Waals surface area contributed by atoms with Gasteiger partial charge >= 0.3 is 5.97 Å². The fraction of sp³-hybridized carbons (Fsp3) is 0.538. The maximum Gasteiger partial charge on any atom is 0.326 e. The molecule has 1 aliphatic heterocycles. The second kappa shape index (κ2) is 6.76. The summed E-state index contributed by atoms with van der Waals surface area (Å²) in [5, 5.41) is 9.12. The lowest BCUT2D eigenvalue weighted by molar-refractivity contribution is -0.141. The van der Waals surface area contributed by atoms with Crippen LogP contribution in [0.4, 0.5) is 0 Å². The molecule has 7 nitrogen and oxygen atoms in total. The van der Waals surface area contributed by atoms with Crippen LogP contribution in [-0.4, -0.2) is 55.7 Å². The minimum atomic E-state index is -3.22. The Morgan fingerprint density at radius 3 is 2.82 bits per heavy atom. The van der Waals surface area contributed by atoms with Crippen LogP contribution >= 0.6 is 11.3 Å². The molecule has 0 unspecified atom stereocenters. The molecule has 1 saturated heterocycles. The van der Waals surface area contributed by atoms with Crippen LogP contribution < -0.4 is 4.72 Å². The van der Waals surface area contributed by atoms with E-state index in [1.165, 1.54) is 16.2 Å². The molecule has 0 radical (unpaired) electrons. The van der Waals surface area contributed by atoms with Gasteiger partial charge in [-0.1, -0.05) is 0 Å². The van der Waals surface area contributed by atoms with E-state index in [2.05, 4.69) is 4.72 Å². The molecule has 2 heterocycles. The van der Waals surface area contributed by atoms with E-state index >= 15 is 0 Å². The lowest BCUT2D eigenvalue weighted by Gasteiger charge is -2.20. The van der Waals surface area contributed by atoms with Crippen LogP contribution in [-0.2, 0) is 21.2 Å². The Hall–Kier alpha value is -1.45. The molecular weight excluding hydrogens is 328 g/mol. The fourth-order valence-electron chi connectivity index (χ4n) is 2.39. The van der Waals surface area contributed by atoms with Crippen LogP contribution in [0.2, 0.25) is 0 Å². The maximum absolute atomic E-state index is 12.4. The molecule has 0 saturated carbocycles. The Bertz CT molecular complexity index is 668. The smallest absolute Gasteiger partial charge is 0.326 e. The minimum absolute atomic E-state index is 0.266. The molecule has 2 rings (SSSR count). The van der Waals surface area contributed by atoms with E-state index in [4.69, 9.17) is 5.11 Å². The lowest BCUT2D eigenvalue weighted by Crippen LogP contribution is -2.40.